The number of benzene rings is 1. The van der Waals surface area contributed by atoms with Crippen LogP contribution in [0, 0.1) is 16.3 Å². The number of halogens is 3. The van der Waals surface area contributed by atoms with Crippen molar-refractivity contribution in [3.05, 3.63) is 78.6 Å². The minimum atomic E-state index is -3.79. The van der Waals surface area contributed by atoms with Crippen molar-refractivity contribution in [3.8, 4) is 0 Å². The molecule has 1 aliphatic rings. The van der Waals surface area contributed by atoms with Crippen molar-refractivity contribution in [1.82, 2.24) is 9.55 Å². The van der Waals surface area contributed by atoms with Gasteiger partial charge in [-0.25, -0.2) is 17.8 Å². The highest BCUT2D eigenvalue weighted by Gasteiger charge is 2.48. The second kappa shape index (κ2) is 8.64. The summed E-state index contributed by atoms with van der Waals surface area (Å²) in [6.45, 7) is 1.59. The molecule has 4 rings (SSSR count). The monoisotopic (exact) mass is 588 g/mol. The number of sulfonamides is 1. The zero-order valence-corrected chi connectivity index (χ0v) is 20.8. The summed E-state index contributed by atoms with van der Waals surface area (Å²) >= 11 is 7.80. The Balaban J connectivity index is 1.66. The molecule has 2 aromatic heterocycles. The van der Waals surface area contributed by atoms with Crippen LogP contribution in [-0.4, -0.2) is 23.2 Å². The summed E-state index contributed by atoms with van der Waals surface area (Å²) in [5, 5.41) is 2.56. The Hall–Kier alpha value is -2.18. The summed E-state index contributed by atoms with van der Waals surface area (Å²) in [6.07, 6.45) is 2.02. The van der Waals surface area contributed by atoms with Gasteiger partial charge in [-0.3, -0.25) is 14.1 Å². The highest BCUT2D eigenvalue weighted by atomic mass is 127. The molecule has 1 saturated carbocycles. The summed E-state index contributed by atoms with van der Waals surface area (Å²) in [7, 11) is -2.29. The molecule has 2 heterocycles. The Morgan fingerprint density at radius 2 is 1.97 bits per heavy atom. The Morgan fingerprint density at radius 1 is 1.22 bits per heavy atom. The number of hydrogen-bond acceptors (Lipinski definition) is 5. The zero-order valence-electron chi connectivity index (χ0n) is 17.1. The predicted octanol–water partition coefficient (Wildman–Crippen LogP) is 4.53. The van der Waals surface area contributed by atoms with Crippen LogP contribution in [0.2, 0.25) is 5.15 Å². The van der Waals surface area contributed by atoms with Gasteiger partial charge in [0.05, 0.1) is 16.6 Å². The van der Waals surface area contributed by atoms with Gasteiger partial charge in [0.2, 0.25) is 10.0 Å². The third kappa shape index (κ3) is 4.62. The Morgan fingerprint density at radius 3 is 2.62 bits per heavy atom. The third-order valence-electron chi connectivity index (χ3n) is 5.34. The van der Waals surface area contributed by atoms with Gasteiger partial charge in [0.15, 0.2) is 0 Å². The summed E-state index contributed by atoms with van der Waals surface area (Å²) < 4.78 is 45.2. The fraction of sp³-hybridized carbons (Fsp3) is 0.238. The van der Waals surface area contributed by atoms with E-state index in [4.69, 9.17) is 11.6 Å². The van der Waals surface area contributed by atoms with Gasteiger partial charge in [-0.1, -0.05) is 17.7 Å². The normalized spacial score (nSPS) is 17.8. The smallest absolute Gasteiger partial charge is 0.254 e. The van der Waals surface area contributed by atoms with E-state index >= 15 is 0 Å². The number of rotatable bonds is 6. The molecule has 0 saturated heterocycles. The summed E-state index contributed by atoms with van der Waals surface area (Å²) in [4.78, 5) is 16.5. The number of aryl methyl sites for hydroxylation is 1. The Labute approximate surface area is 203 Å². The molecule has 1 aromatic carbocycles. The molecule has 2 unspecified atom stereocenters. The average molecular weight is 589 g/mol. The maximum Gasteiger partial charge on any atom is 0.254 e. The van der Waals surface area contributed by atoms with Crippen molar-refractivity contribution in [2.45, 2.75) is 24.5 Å². The molecule has 32 heavy (non-hydrogen) atoms. The van der Waals surface area contributed by atoms with Crippen LogP contribution in [-0.2, 0) is 17.1 Å². The molecule has 0 spiro atoms. The number of pyridine rings is 2. The minimum absolute atomic E-state index is 0.126. The summed E-state index contributed by atoms with van der Waals surface area (Å²) in [6, 6.07) is 9.42. The first-order valence-electron chi connectivity index (χ1n) is 9.62. The van der Waals surface area contributed by atoms with Crippen molar-refractivity contribution in [3.63, 3.8) is 0 Å². The lowest BCUT2D eigenvalue weighted by Crippen LogP contribution is -2.26. The van der Waals surface area contributed by atoms with Crippen molar-refractivity contribution in [2.75, 3.05) is 10.0 Å². The van der Waals surface area contributed by atoms with Crippen LogP contribution in [0.4, 0.5) is 21.6 Å². The van der Waals surface area contributed by atoms with E-state index < -0.39 is 21.1 Å². The predicted molar refractivity (Wildman–Crippen MR) is 132 cm³/mol. The number of anilines is 3. The van der Waals surface area contributed by atoms with Gasteiger partial charge in [0, 0.05) is 28.3 Å². The molecule has 0 bridgehead atoms. The van der Waals surface area contributed by atoms with E-state index in [1.807, 2.05) is 22.6 Å². The van der Waals surface area contributed by atoms with Crippen LogP contribution in [0.15, 0.2) is 47.4 Å². The molecule has 0 radical (unpaired) electrons. The zero-order chi connectivity index (χ0) is 23.2. The van der Waals surface area contributed by atoms with Crippen LogP contribution in [0.25, 0.3) is 0 Å². The maximum absolute atomic E-state index is 14.4. The first-order chi connectivity index (χ1) is 15.1. The quantitative estimate of drug-likeness (QED) is 0.326. The Kier molecular flexibility index (Phi) is 6.21. The highest BCUT2D eigenvalue weighted by molar-refractivity contribution is 14.1. The van der Waals surface area contributed by atoms with Gasteiger partial charge in [-0.2, -0.15) is 0 Å². The van der Waals surface area contributed by atoms with E-state index in [9.17, 15) is 17.6 Å². The lowest BCUT2D eigenvalue weighted by molar-refractivity contribution is 0.599. The van der Waals surface area contributed by atoms with E-state index in [0.29, 0.717) is 20.7 Å². The third-order valence-corrected chi connectivity index (χ3v) is 8.06. The standard InChI is InChI=1S/C21H19ClFIN4O3S/c1-11-7-17(20(28(2)21(11)29)26-16-5-4-13(24)8-15(16)23)27-32(30,31)18-9-14(18)12-3-6-19(22)25-10-12/h3-8,10,14,18,26-27H,9H2,1-2H3. The second-order valence-corrected chi connectivity index (χ2v) is 11.2. The van der Waals surface area contributed by atoms with Gasteiger partial charge in [0.25, 0.3) is 5.56 Å². The average Bonchev–Trinajstić information content (AvgIpc) is 3.53. The van der Waals surface area contributed by atoms with E-state index in [-0.39, 0.29) is 28.7 Å². The molecule has 3 aromatic rings. The van der Waals surface area contributed by atoms with Crippen molar-refractivity contribution >= 4 is 61.4 Å². The fourth-order valence-electron chi connectivity index (χ4n) is 3.54. The van der Waals surface area contributed by atoms with Gasteiger partial charge in [-0.05, 0) is 71.8 Å². The van der Waals surface area contributed by atoms with Crippen molar-refractivity contribution in [1.29, 1.82) is 0 Å². The highest BCUT2D eigenvalue weighted by Crippen LogP contribution is 2.46. The first kappa shape index (κ1) is 23.0. The molecule has 2 atom stereocenters. The number of nitrogens with one attached hydrogen (secondary N) is 2. The van der Waals surface area contributed by atoms with E-state index in [0.717, 1.165) is 5.56 Å². The van der Waals surface area contributed by atoms with E-state index in [2.05, 4.69) is 15.0 Å². The van der Waals surface area contributed by atoms with E-state index in [1.165, 1.54) is 29.8 Å². The summed E-state index contributed by atoms with van der Waals surface area (Å²) in [5.74, 6) is -0.568. The largest absolute Gasteiger partial charge is 0.337 e. The Bertz CT molecular complexity index is 1360. The lowest BCUT2D eigenvalue weighted by Gasteiger charge is -2.19. The maximum atomic E-state index is 14.4. The molecule has 0 aliphatic heterocycles. The molecular formula is C21H19ClFIN4O3S. The number of hydrogen-bond donors (Lipinski definition) is 2. The minimum Gasteiger partial charge on any atom is -0.337 e. The van der Waals surface area contributed by atoms with Crippen LogP contribution >= 0.6 is 34.2 Å². The lowest BCUT2D eigenvalue weighted by atomic mass is 10.2. The molecule has 1 aliphatic carbocycles. The van der Waals surface area contributed by atoms with Crippen molar-refractivity contribution < 1.29 is 12.8 Å². The second-order valence-electron chi connectivity index (χ2n) is 7.64. The first-order valence-corrected chi connectivity index (χ1v) is 12.6. The molecule has 1 fully saturated rings. The molecule has 2 N–H and O–H groups in total. The van der Waals surface area contributed by atoms with Crippen LogP contribution < -0.4 is 15.6 Å². The molecule has 7 nitrogen and oxygen atoms in total. The topological polar surface area (TPSA) is 93.1 Å². The number of nitrogens with zero attached hydrogens (tertiary/aromatic N) is 2. The summed E-state index contributed by atoms with van der Waals surface area (Å²) in [5.41, 5.74) is 1.12. The van der Waals surface area contributed by atoms with Gasteiger partial charge >= 0.3 is 0 Å². The van der Waals surface area contributed by atoms with Crippen LogP contribution in [0.3, 0.4) is 0 Å². The molecule has 168 valence electrons. The van der Waals surface area contributed by atoms with Crippen molar-refractivity contribution in [2.24, 2.45) is 7.05 Å². The SMILES string of the molecule is Cc1cc(NS(=O)(=O)C2CC2c2ccc(Cl)nc2)c(Nc2ccc(I)cc2F)n(C)c1=O. The van der Waals surface area contributed by atoms with Crippen LogP contribution in [0.1, 0.15) is 23.5 Å². The fourth-order valence-corrected chi connectivity index (χ4v) is 5.77. The van der Waals surface area contributed by atoms with Gasteiger partial charge < -0.3 is 5.32 Å². The number of aromatic nitrogens is 2. The van der Waals surface area contributed by atoms with Crippen LogP contribution in [0.5, 0.6) is 0 Å². The van der Waals surface area contributed by atoms with Gasteiger partial charge in [0.1, 0.15) is 16.8 Å². The molecule has 0 amide bonds. The molecule has 11 heteroatoms. The van der Waals surface area contributed by atoms with E-state index in [1.54, 1.807) is 31.3 Å². The van der Waals surface area contributed by atoms with Gasteiger partial charge in [-0.15, -0.1) is 0 Å². The molecular weight excluding hydrogens is 570 g/mol.